The van der Waals surface area contributed by atoms with Gasteiger partial charge in [0.25, 0.3) is 0 Å². The first-order valence-corrected chi connectivity index (χ1v) is 7.83. The Kier molecular flexibility index (Phi) is 4.28. The molecule has 3 aromatic heterocycles. The van der Waals surface area contributed by atoms with E-state index in [0.717, 1.165) is 12.5 Å². The fourth-order valence-corrected chi connectivity index (χ4v) is 2.86. The van der Waals surface area contributed by atoms with Crippen molar-refractivity contribution in [2.45, 2.75) is 12.6 Å². The van der Waals surface area contributed by atoms with Crippen molar-refractivity contribution >= 4 is 27.2 Å². The number of alkyl halides is 3. The summed E-state index contributed by atoms with van der Waals surface area (Å²) >= 11 is 1.30. The van der Waals surface area contributed by atoms with E-state index in [4.69, 9.17) is 11.5 Å². The zero-order chi connectivity index (χ0) is 17.3. The minimum Gasteiger partial charge on any atom is -0.383 e. The van der Waals surface area contributed by atoms with Crippen LogP contribution in [0.5, 0.6) is 0 Å². The van der Waals surface area contributed by atoms with E-state index in [1.54, 1.807) is 6.20 Å². The summed E-state index contributed by atoms with van der Waals surface area (Å²) in [6.45, 7) is 1.27. The lowest BCUT2D eigenvalue weighted by Gasteiger charge is -2.09. The molecule has 0 spiro atoms. The van der Waals surface area contributed by atoms with Crippen molar-refractivity contribution in [3.63, 3.8) is 0 Å². The highest BCUT2D eigenvalue weighted by molar-refractivity contribution is 7.20. The lowest BCUT2D eigenvalue weighted by atomic mass is 10.1. The molecule has 128 valence electrons. The number of pyridine rings is 1. The lowest BCUT2D eigenvalue weighted by molar-refractivity contribution is -0.137. The van der Waals surface area contributed by atoms with Crippen LogP contribution in [0.3, 0.4) is 0 Å². The molecule has 0 saturated carbocycles. The average molecular weight is 357 g/mol. The Balaban J connectivity index is 1.89. The molecule has 0 radical (unpaired) electrons. The summed E-state index contributed by atoms with van der Waals surface area (Å²) < 4.78 is 40.3. The minimum atomic E-state index is -4.57. The molecule has 11 heteroatoms. The second-order valence-electron chi connectivity index (χ2n) is 4.98. The van der Waals surface area contributed by atoms with Crippen LogP contribution in [0.25, 0.3) is 16.2 Å². The SMILES string of the molecule is NCCCNc1nn2cc(-c3cnc(N)c(C(F)(F)F)c3)nc2s1. The highest BCUT2D eigenvalue weighted by Crippen LogP contribution is 2.35. The zero-order valence-electron chi connectivity index (χ0n) is 12.3. The molecule has 0 aliphatic carbocycles. The van der Waals surface area contributed by atoms with Crippen molar-refractivity contribution in [2.75, 3.05) is 24.1 Å². The van der Waals surface area contributed by atoms with Crippen LogP contribution in [0, 0.1) is 0 Å². The highest BCUT2D eigenvalue weighted by Gasteiger charge is 2.34. The molecule has 0 fully saturated rings. The molecule has 5 N–H and O–H groups in total. The second kappa shape index (κ2) is 6.24. The van der Waals surface area contributed by atoms with Gasteiger partial charge in [0, 0.05) is 18.3 Å². The molecule has 0 bridgehead atoms. The molecular formula is C13H14F3N7S. The Hall–Kier alpha value is -2.40. The molecule has 0 aliphatic heterocycles. The van der Waals surface area contributed by atoms with Gasteiger partial charge in [-0.3, -0.25) is 0 Å². The number of hydrogen-bond acceptors (Lipinski definition) is 7. The number of aromatic nitrogens is 4. The number of anilines is 2. The number of nitrogens with two attached hydrogens (primary N) is 2. The minimum absolute atomic E-state index is 0.229. The molecule has 3 rings (SSSR count). The fraction of sp³-hybridized carbons (Fsp3) is 0.308. The van der Waals surface area contributed by atoms with E-state index >= 15 is 0 Å². The van der Waals surface area contributed by atoms with Crippen molar-refractivity contribution in [1.82, 2.24) is 19.6 Å². The van der Waals surface area contributed by atoms with Crippen LogP contribution < -0.4 is 16.8 Å². The molecule has 0 atom stereocenters. The van der Waals surface area contributed by atoms with Crippen LogP contribution in [0.15, 0.2) is 18.5 Å². The molecule has 0 amide bonds. The van der Waals surface area contributed by atoms with Gasteiger partial charge in [0.2, 0.25) is 10.1 Å². The van der Waals surface area contributed by atoms with Crippen molar-refractivity contribution in [1.29, 1.82) is 0 Å². The van der Waals surface area contributed by atoms with Crippen LogP contribution in [0.2, 0.25) is 0 Å². The number of imidazole rings is 1. The van der Waals surface area contributed by atoms with Crippen LogP contribution >= 0.6 is 11.3 Å². The van der Waals surface area contributed by atoms with E-state index in [9.17, 15) is 13.2 Å². The maximum atomic E-state index is 12.9. The smallest absolute Gasteiger partial charge is 0.383 e. The maximum Gasteiger partial charge on any atom is 0.419 e. The summed E-state index contributed by atoms with van der Waals surface area (Å²) in [6.07, 6.45) is -0.947. The summed E-state index contributed by atoms with van der Waals surface area (Å²) in [7, 11) is 0. The molecule has 0 saturated heterocycles. The van der Waals surface area contributed by atoms with Crippen LogP contribution in [0.1, 0.15) is 12.0 Å². The van der Waals surface area contributed by atoms with Gasteiger partial charge in [0.05, 0.1) is 17.5 Å². The van der Waals surface area contributed by atoms with E-state index in [1.807, 2.05) is 0 Å². The van der Waals surface area contributed by atoms with Gasteiger partial charge >= 0.3 is 6.18 Å². The van der Waals surface area contributed by atoms with E-state index in [1.165, 1.54) is 22.0 Å². The number of nitrogens with one attached hydrogen (secondary N) is 1. The van der Waals surface area contributed by atoms with E-state index in [0.29, 0.717) is 28.9 Å². The van der Waals surface area contributed by atoms with E-state index in [-0.39, 0.29) is 5.56 Å². The number of nitrogens with zero attached hydrogens (tertiary/aromatic N) is 4. The van der Waals surface area contributed by atoms with Gasteiger partial charge in [-0.25, -0.2) is 14.5 Å². The van der Waals surface area contributed by atoms with E-state index < -0.39 is 17.6 Å². The van der Waals surface area contributed by atoms with Crippen molar-refractivity contribution in [3.8, 4) is 11.3 Å². The first kappa shape index (κ1) is 16.5. The van der Waals surface area contributed by atoms with Gasteiger partial charge in [-0.2, -0.15) is 13.2 Å². The molecule has 0 unspecified atom stereocenters. The van der Waals surface area contributed by atoms with Gasteiger partial charge in [-0.05, 0) is 19.0 Å². The summed E-state index contributed by atoms with van der Waals surface area (Å²) in [6, 6.07) is 0.940. The van der Waals surface area contributed by atoms with Crippen molar-refractivity contribution in [2.24, 2.45) is 5.73 Å². The van der Waals surface area contributed by atoms with Gasteiger partial charge in [-0.1, -0.05) is 11.3 Å². The zero-order valence-corrected chi connectivity index (χ0v) is 13.2. The van der Waals surface area contributed by atoms with Crippen LogP contribution in [-0.2, 0) is 6.18 Å². The van der Waals surface area contributed by atoms with Gasteiger partial charge in [-0.15, -0.1) is 5.10 Å². The third kappa shape index (κ3) is 3.26. The van der Waals surface area contributed by atoms with Gasteiger partial charge in [0.1, 0.15) is 5.82 Å². The van der Waals surface area contributed by atoms with Crippen LogP contribution in [0.4, 0.5) is 24.1 Å². The van der Waals surface area contributed by atoms with Crippen LogP contribution in [-0.4, -0.2) is 32.7 Å². The average Bonchev–Trinajstić information content (AvgIpc) is 3.05. The number of nitrogen functional groups attached to an aromatic ring is 1. The number of halogens is 3. The summed E-state index contributed by atoms with van der Waals surface area (Å²) in [4.78, 5) is 8.46. The molecule has 0 aromatic carbocycles. The highest BCUT2D eigenvalue weighted by atomic mass is 32.1. The number of rotatable bonds is 5. The lowest BCUT2D eigenvalue weighted by Crippen LogP contribution is -2.10. The predicted octanol–water partition coefficient (Wildman–Crippen LogP) is 2.21. The maximum absolute atomic E-state index is 12.9. The Labute approximate surface area is 138 Å². The first-order valence-electron chi connectivity index (χ1n) is 7.01. The summed E-state index contributed by atoms with van der Waals surface area (Å²) in [5, 5.41) is 8.05. The topological polar surface area (TPSA) is 107 Å². The van der Waals surface area contributed by atoms with E-state index in [2.05, 4.69) is 20.4 Å². The molecular weight excluding hydrogens is 343 g/mol. The molecule has 3 aromatic rings. The number of fused-ring (bicyclic) bond motifs is 1. The normalized spacial score (nSPS) is 12.0. The largest absolute Gasteiger partial charge is 0.419 e. The standard InChI is InChI=1S/C13H14F3N7S/c14-13(15,16)8-4-7(5-20-10(8)18)9-6-23-12(21-9)24-11(22-23)19-3-1-2-17/h4-6H,1-3,17H2,(H2,18,20)(H,19,22). The number of hydrogen-bond donors (Lipinski definition) is 3. The molecule has 0 aliphatic rings. The predicted molar refractivity (Wildman–Crippen MR) is 85.7 cm³/mol. The molecule has 3 heterocycles. The van der Waals surface area contributed by atoms with Gasteiger partial charge in [0.15, 0.2) is 0 Å². The monoisotopic (exact) mass is 357 g/mol. The Morgan fingerprint density at radius 2 is 2.12 bits per heavy atom. The first-order chi connectivity index (χ1) is 11.4. The van der Waals surface area contributed by atoms with Gasteiger partial charge < -0.3 is 16.8 Å². The Morgan fingerprint density at radius 1 is 1.33 bits per heavy atom. The van der Waals surface area contributed by atoms with Crippen molar-refractivity contribution in [3.05, 3.63) is 24.0 Å². The third-order valence-corrected chi connectivity index (χ3v) is 4.10. The Bertz CT molecular complexity index is 823. The Morgan fingerprint density at radius 3 is 2.79 bits per heavy atom. The van der Waals surface area contributed by atoms with Crippen molar-refractivity contribution < 1.29 is 13.2 Å². The fourth-order valence-electron chi connectivity index (χ4n) is 2.05. The second-order valence-corrected chi connectivity index (χ2v) is 5.94. The molecule has 24 heavy (non-hydrogen) atoms. The quantitative estimate of drug-likeness (QED) is 0.605. The molecule has 7 nitrogen and oxygen atoms in total. The summed E-state index contributed by atoms with van der Waals surface area (Å²) in [5.41, 5.74) is 10.3. The summed E-state index contributed by atoms with van der Waals surface area (Å²) in [5.74, 6) is -0.559. The third-order valence-electron chi connectivity index (χ3n) is 3.22.